The molecule has 0 aliphatic carbocycles. The third-order valence-electron chi connectivity index (χ3n) is 4.32. The van der Waals surface area contributed by atoms with Crippen LogP contribution < -0.4 is 4.74 Å². The van der Waals surface area contributed by atoms with Crippen molar-refractivity contribution < 1.29 is 14.6 Å². The number of aliphatic hydroxyl groups is 1. The Hall–Kier alpha value is -2.39. The highest BCUT2D eigenvalue weighted by atomic mass is 16.5. The predicted octanol–water partition coefficient (Wildman–Crippen LogP) is 4.24. The first kappa shape index (κ1) is 15.5. The first-order valence-electron chi connectivity index (χ1n) is 7.79. The zero-order chi connectivity index (χ0) is 16.6. The van der Waals surface area contributed by atoms with Crippen LogP contribution in [0.25, 0.3) is 5.57 Å². The maximum absolute atomic E-state index is 12.3. The molecule has 0 saturated heterocycles. The molecule has 1 unspecified atom stereocenters. The smallest absolute Gasteiger partial charge is 0.342 e. The van der Waals surface area contributed by atoms with E-state index in [0.29, 0.717) is 22.8 Å². The van der Waals surface area contributed by atoms with Crippen LogP contribution in [0, 0.1) is 0 Å². The molecule has 0 spiro atoms. The van der Waals surface area contributed by atoms with Crippen LogP contribution >= 0.6 is 0 Å². The van der Waals surface area contributed by atoms with Crippen LogP contribution in [0.1, 0.15) is 49.5 Å². The standard InChI is InChI=1S/C20H20O3/c1-12(2)14-8-10-15(11-9-14)13(3)18-19(21)16-6-4-5-7-17(16)23-20(18)22/h4-12,19,21H,1-3H3/b18-13+. The van der Waals surface area contributed by atoms with Gasteiger partial charge in [-0.2, -0.15) is 0 Å². The molecule has 0 aromatic heterocycles. The van der Waals surface area contributed by atoms with Crippen molar-refractivity contribution in [2.45, 2.75) is 32.8 Å². The van der Waals surface area contributed by atoms with Gasteiger partial charge < -0.3 is 9.84 Å². The Kier molecular flexibility index (Phi) is 4.05. The minimum absolute atomic E-state index is 0.306. The number of allylic oxidation sites excluding steroid dienone is 1. The van der Waals surface area contributed by atoms with Crippen LogP contribution in [0.2, 0.25) is 0 Å². The van der Waals surface area contributed by atoms with Crippen LogP contribution in [0.3, 0.4) is 0 Å². The Morgan fingerprint density at radius 1 is 1.09 bits per heavy atom. The second-order valence-electron chi connectivity index (χ2n) is 6.15. The summed E-state index contributed by atoms with van der Waals surface area (Å²) in [5, 5.41) is 10.6. The first-order chi connectivity index (χ1) is 11.0. The average Bonchev–Trinajstić information content (AvgIpc) is 2.54. The molecule has 3 heteroatoms. The fraction of sp³-hybridized carbons (Fsp3) is 0.250. The number of aliphatic hydroxyl groups excluding tert-OH is 1. The van der Waals surface area contributed by atoms with Crippen molar-refractivity contribution in [3.63, 3.8) is 0 Å². The maximum atomic E-state index is 12.3. The topological polar surface area (TPSA) is 46.5 Å². The lowest BCUT2D eigenvalue weighted by atomic mass is 9.90. The summed E-state index contributed by atoms with van der Waals surface area (Å²) in [4.78, 5) is 12.3. The molecule has 1 aliphatic heterocycles. The molecule has 3 nitrogen and oxygen atoms in total. The minimum Gasteiger partial charge on any atom is -0.423 e. The Morgan fingerprint density at radius 3 is 2.39 bits per heavy atom. The number of benzene rings is 2. The number of carbonyl (C=O) groups excluding carboxylic acids is 1. The summed E-state index contributed by atoms with van der Waals surface area (Å²) in [5.41, 5.74) is 3.83. The first-order valence-corrected chi connectivity index (χ1v) is 7.79. The van der Waals surface area contributed by atoms with Crippen LogP contribution in [-0.2, 0) is 4.79 Å². The molecule has 3 rings (SSSR count). The van der Waals surface area contributed by atoms with Gasteiger partial charge in [0, 0.05) is 5.56 Å². The number of hydrogen-bond donors (Lipinski definition) is 1. The molecule has 1 aliphatic rings. The van der Waals surface area contributed by atoms with Crippen LogP contribution in [0.4, 0.5) is 0 Å². The van der Waals surface area contributed by atoms with Gasteiger partial charge in [-0.05, 0) is 35.6 Å². The number of rotatable bonds is 2. The second kappa shape index (κ2) is 6.01. The Balaban J connectivity index is 2.04. The summed E-state index contributed by atoms with van der Waals surface area (Å²) in [6, 6.07) is 15.2. The van der Waals surface area contributed by atoms with Gasteiger partial charge >= 0.3 is 5.97 Å². The predicted molar refractivity (Wildman–Crippen MR) is 90.2 cm³/mol. The van der Waals surface area contributed by atoms with E-state index in [2.05, 4.69) is 26.0 Å². The van der Waals surface area contributed by atoms with E-state index >= 15 is 0 Å². The van der Waals surface area contributed by atoms with Crippen molar-refractivity contribution in [2.24, 2.45) is 0 Å². The van der Waals surface area contributed by atoms with Crippen molar-refractivity contribution >= 4 is 11.5 Å². The molecular formula is C20H20O3. The summed E-state index contributed by atoms with van der Waals surface area (Å²) < 4.78 is 5.36. The lowest BCUT2D eigenvalue weighted by Gasteiger charge is -2.25. The monoisotopic (exact) mass is 308 g/mol. The highest BCUT2D eigenvalue weighted by molar-refractivity contribution is 6.01. The van der Waals surface area contributed by atoms with Crippen molar-refractivity contribution in [1.29, 1.82) is 0 Å². The zero-order valence-corrected chi connectivity index (χ0v) is 13.5. The second-order valence-corrected chi connectivity index (χ2v) is 6.15. The molecule has 0 amide bonds. The van der Waals surface area contributed by atoms with Crippen LogP contribution in [0.15, 0.2) is 54.1 Å². The Morgan fingerprint density at radius 2 is 1.74 bits per heavy atom. The molecule has 2 aromatic rings. The minimum atomic E-state index is -0.961. The van der Waals surface area contributed by atoms with Crippen molar-refractivity contribution in [2.75, 3.05) is 0 Å². The van der Waals surface area contributed by atoms with E-state index in [9.17, 15) is 9.90 Å². The molecular weight excluding hydrogens is 288 g/mol. The molecule has 0 bridgehead atoms. The van der Waals surface area contributed by atoms with E-state index < -0.39 is 12.1 Å². The largest absolute Gasteiger partial charge is 0.423 e. The average molecular weight is 308 g/mol. The fourth-order valence-corrected chi connectivity index (χ4v) is 2.85. The normalized spacial score (nSPS) is 19.3. The molecule has 1 atom stereocenters. The highest BCUT2D eigenvalue weighted by Crippen LogP contribution is 2.38. The van der Waals surface area contributed by atoms with Crippen LogP contribution in [-0.4, -0.2) is 11.1 Å². The van der Waals surface area contributed by atoms with E-state index in [1.165, 1.54) is 5.56 Å². The number of ether oxygens (including phenoxy) is 1. The summed E-state index contributed by atoms with van der Waals surface area (Å²) >= 11 is 0. The van der Waals surface area contributed by atoms with Gasteiger partial charge in [-0.1, -0.05) is 56.3 Å². The molecule has 118 valence electrons. The Bertz CT molecular complexity index is 770. The zero-order valence-electron chi connectivity index (χ0n) is 13.5. The van der Waals surface area contributed by atoms with E-state index in [1.807, 2.05) is 25.1 Å². The van der Waals surface area contributed by atoms with Gasteiger partial charge in [0.15, 0.2) is 0 Å². The van der Waals surface area contributed by atoms with E-state index in [4.69, 9.17) is 4.74 Å². The third-order valence-corrected chi connectivity index (χ3v) is 4.32. The van der Waals surface area contributed by atoms with Crippen LogP contribution in [0.5, 0.6) is 5.75 Å². The lowest BCUT2D eigenvalue weighted by Crippen LogP contribution is -2.24. The number of hydrogen-bond acceptors (Lipinski definition) is 3. The molecule has 1 heterocycles. The van der Waals surface area contributed by atoms with Gasteiger partial charge in [-0.25, -0.2) is 4.79 Å². The van der Waals surface area contributed by atoms with Gasteiger partial charge in [0.1, 0.15) is 11.9 Å². The van der Waals surface area contributed by atoms with Gasteiger partial charge in [0.05, 0.1) is 5.57 Å². The molecule has 0 fully saturated rings. The summed E-state index contributed by atoms with van der Waals surface area (Å²) in [5.74, 6) is 0.396. The molecule has 1 N–H and O–H groups in total. The summed E-state index contributed by atoms with van der Waals surface area (Å²) in [6.07, 6.45) is -0.961. The molecule has 0 saturated carbocycles. The van der Waals surface area contributed by atoms with Gasteiger partial charge in [0.2, 0.25) is 0 Å². The number of fused-ring (bicyclic) bond motifs is 1. The quantitative estimate of drug-likeness (QED) is 0.513. The summed E-state index contributed by atoms with van der Waals surface area (Å²) in [7, 11) is 0. The number of esters is 1. The third kappa shape index (κ3) is 2.80. The molecule has 2 aromatic carbocycles. The van der Waals surface area contributed by atoms with Gasteiger partial charge in [0.25, 0.3) is 0 Å². The van der Waals surface area contributed by atoms with E-state index in [0.717, 1.165) is 11.1 Å². The van der Waals surface area contributed by atoms with Crippen molar-refractivity contribution in [3.05, 3.63) is 70.8 Å². The molecule has 0 radical (unpaired) electrons. The SMILES string of the molecule is C/C(=C1\C(=O)Oc2ccccc2C1O)c1ccc(C(C)C)cc1. The Labute approximate surface area is 136 Å². The highest BCUT2D eigenvalue weighted by Gasteiger charge is 2.32. The van der Waals surface area contributed by atoms with Crippen molar-refractivity contribution in [3.8, 4) is 5.75 Å². The lowest BCUT2D eigenvalue weighted by molar-refractivity contribution is -0.132. The van der Waals surface area contributed by atoms with E-state index in [-0.39, 0.29) is 0 Å². The summed E-state index contributed by atoms with van der Waals surface area (Å²) in [6.45, 7) is 6.12. The van der Waals surface area contributed by atoms with Crippen molar-refractivity contribution in [1.82, 2.24) is 0 Å². The number of carbonyl (C=O) groups is 1. The molecule has 23 heavy (non-hydrogen) atoms. The fourth-order valence-electron chi connectivity index (χ4n) is 2.85. The van der Waals surface area contributed by atoms with E-state index in [1.54, 1.807) is 18.2 Å². The number of para-hydroxylation sites is 1. The van der Waals surface area contributed by atoms with Gasteiger partial charge in [-0.3, -0.25) is 0 Å². The maximum Gasteiger partial charge on any atom is 0.342 e. The van der Waals surface area contributed by atoms with Gasteiger partial charge in [-0.15, -0.1) is 0 Å².